The number of ether oxygens (including phenoxy) is 2. The van der Waals surface area contributed by atoms with Crippen LogP contribution in [0.5, 0.6) is 0 Å². The molecule has 27 heavy (non-hydrogen) atoms. The fourth-order valence-electron chi connectivity index (χ4n) is 2.42. The normalized spacial score (nSPS) is 11.4. The van der Waals surface area contributed by atoms with Gasteiger partial charge < -0.3 is 13.9 Å². The van der Waals surface area contributed by atoms with Gasteiger partial charge in [-0.15, -0.1) is 0 Å². The second-order valence-corrected chi connectivity index (χ2v) is 7.39. The van der Waals surface area contributed by atoms with E-state index >= 15 is 0 Å². The third-order valence-corrected chi connectivity index (χ3v) is 5.97. The summed E-state index contributed by atoms with van der Waals surface area (Å²) in [6, 6.07) is 6.99. The molecule has 1 aromatic heterocycles. The molecule has 2 rings (SSSR count). The molecule has 0 fully saturated rings. The Morgan fingerprint density at radius 3 is 2.22 bits per heavy atom. The van der Waals surface area contributed by atoms with Gasteiger partial charge in [-0.1, -0.05) is 13.8 Å². The monoisotopic (exact) mass is 395 g/mol. The molecule has 0 amide bonds. The summed E-state index contributed by atoms with van der Waals surface area (Å²) >= 11 is 0. The molecular weight excluding hydrogens is 374 g/mol. The van der Waals surface area contributed by atoms with Gasteiger partial charge in [0.1, 0.15) is 6.61 Å². The molecule has 0 aliphatic carbocycles. The van der Waals surface area contributed by atoms with E-state index in [1.165, 1.54) is 48.0 Å². The van der Waals surface area contributed by atoms with E-state index in [1.807, 2.05) is 0 Å². The van der Waals surface area contributed by atoms with Crippen LogP contribution in [0, 0.1) is 0 Å². The minimum atomic E-state index is -3.59. The molecule has 1 heterocycles. The largest absolute Gasteiger partial charge is 0.463 e. The first-order valence-electron chi connectivity index (χ1n) is 8.27. The average molecular weight is 395 g/mol. The van der Waals surface area contributed by atoms with Crippen molar-refractivity contribution in [2.45, 2.75) is 25.3 Å². The predicted molar refractivity (Wildman–Crippen MR) is 95.7 cm³/mol. The van der Waals surface area contributed by atoms with Crippen molar-refractivity contribution in [3.05, 3.63) is 53.5 Å². The van der Waals surface area contributed by atoms with Crippen molar-refractivity contribution >= 4 is 22.0 Å². The topological polar surface area (TPSA) is 103 Å². The van der Waals surface area contributed by atoms with E-state index in [1.54, 1.807) is 13.8 Å². The van der Waals surface area contributed by atoms with Crippen LogP contribution in [-0.2, 0) is 26.1 Å². The van der Waals surface area contributed by atoms with Crippen molar-refractivity contribution in [1.29, 1.82) is 0 Å². The Bertz CT molecular complexity index is 896. The van der Waals surface area contributed by atoms with Crippen LogP contribution in [0.15, 0.2) is 45.9 Å². The van der Waals surface area contributed by atoms with E-state index < -0.39 is 22.0 Å². The highest BCUT2D eigenvalue weighted by Gasteiger charge is 2.22. The summed E-state index contributed by atoms with van der Waals surface area (Å²) < 4.78 is 41.0. The Balaban J connectivity index is 2.08. The molecule has 0 aliphatic rings. The van der Waals surface area contributed by atoms with Crippen LogP contribution in [0.2, 0.25) is 0 Å². The summed E-state index contributed by atoms with van der Waals surface area (Å²) in [6.07, 6.45) is 1.29. The van der Waals surface area contributed by atoms with Gasteiger partial charge in [0.25, 0.3) is 0 Å². The maximum absolute atomic E-state index is 12.4. The zero-order valence-corrected chi connectivity index (χ0v) is 16.1. The molecule has 8 nitrogen and oxygen atoms in total. The number of furan rings is 1. The summed E-state index contributed by atoms with van der Waals surface area (Å²) in [5.41, 5.74) is 0.563. The Hall–Kier alpha value is -2.65. The number of methoxy groups -OCH3 is 1. The van der Waals surface area contributed by atoms with Crippen molar-refractivity contribution in [2.75, 3.05) is 20.2 Å². The first-order valence-corrected chi connectivity index (χ1v) is 9.71. The van der Waals surface area contributed by atoms with Crippen molar-refractivity contribution < 1.29 is 31.9 Å². The standard InChI is InChI=1S/C18H21NO7S/c1-4-19(5-2)27(22,23)15-8-6-13(7-9-15)17(20)26-12-14-10-11-25-16(14)18(21)24-3/h6-11H,4-5,12H2,1-3H3. The number of nitrogens with zero attached hydrogens (tertiary/aromatic N) is 1. The molecule has 0 saturated carbocycles. The van der Waals surface area contributed by atoms with Crippen LogP contribution in [0.4, 0.5) is 0 Å². The summed E-state index contributed by atoms with van der Waals surface area (Å²) in [5, 5.41) is 0. The number of esters is 2. The number of sulfonamides is 1. The van der Waals surface area contributed by atoms with Crippen LogP contribution >= 0.6 is 0 Å². The molecule has 146 valence electrons. The highest BCUT2D eigenvalue weighted by Crippen LogP contribution is 2.18. The van der Waals surface area contributed by atoms with Crippen LogP contribution in [-0.4, -0.2) is 44.9 Å². The zero-order chi connectivity index (χ0) is 20.0. The van der Waals surface area contributed by atoms with E-state index in [0.717, 1.165) is 0 Å². The number of hydrogen-bond donors (Lipinski definition) is 0. The van der Waals surface area contributed by atoms with Crippen LogP contribution < -0.4 is 0 Å². The summed E-state index contributed by atoms with van der Waals surface area (Å²) in [6.45, 7) is 4.04. The van der Waals surface area contributed by atoms with E-state index in [0.29, 0.717) is 18.7 Å². The molecule has 0 bridgehead atoms. The Labute approximate surface area is 157 Å². The minimum Gasteiger partial charge on any atom is -0.463 e. The Morgan fingerprint density at radius 1 is 1.04 bits per heavy atom. The number of benzene rings is 1. The fourth-order valence-corrected chi connectivity index (χ4v) is 3.88. The van der Waals surface area contributed by atoms with Crippen molar-refractivity contribution in [2.24, 2.45) is 0 Å². The van der Waals surface area contributed by atoms with E-state index in [4.69, 9.17) is 9.15 Å². The SMILES string of the molecule is CCN(CC)S(=O)(=O)c1ccc(C(=O)OCc2ccoc2C(=O)OC)cc1. The molecule has 0 aliphatic heterocycles. The Kier molecular flexibility index (Phi) is 6.75. The van der Waals surface area contributed by atoms with Gasteiger partial charge in [-0.05, 0) is 30.3 Å². The molecule has 0 unspecified atom stereocenters. The molecule has 0 atom stereocenters. The van der Waals surface area contributed by atoms with Crippen LogP contribution in [0.25, 0.3) is 0 Å². The quantitative estimate of drug-likeness (QED) is 0.633. The average Bonchev–Trinajstić information content (AvgIpc) is 3.15. The second-order valence-electron chi connectivity index (χ2n) is 5.46. The van der Waals surface area contributed by atoms with Crippen molar-refractivity contribution in [1.82, 2.24) is 4.31 Å². The van der Waals surface area contributed by atoms with Gasteiger partial charge in [0.15, 0.2) is 0 Å². The van der Waals surface area contributed by atoms with Gasteiger partial charge >= 0.3 is 11.9 Å². The van der Waals surface area contributed by atoms with Crippen LogP contribution in [0.3, 0.4) is 0 Å². The van der Waals surface area contributed by atoms with Gasteiger partial charge in [0.05, 0.1) is 23.8 Å². The number of rotatable bonds is 8. The van der Waals surface area contributed by atoms with E-state index in [2.05, 4.69) is 4.74 Å². The third kappa shape index (κ3) is 4.55. The van der Waals surface area contributed by atoms with Crippen molar-refractivity contribution in [3.63, 3.8) is 0 Å². The van der Waals surface area contributed by atoms with Gasteiger partial charge in [-0.2, -0.15) is 4.31 Å². The third-order valence-electron chi connectivity index (χ3n) is 3.91. The van der Waals surface area contributed by atoms with Gasteiger partial charge in [-0.25, -0.2) is 18.0 Å². The molecule has 2 aromatic rings. The summed E-state index contributed by atoms with van der Waals surface area (Å²) in [7, 11) is -2.38. The molecular formula is C18H21NO7S. The molecule has 9 heteroatoms. The van der Waals surface area contributed by atoms with E-state index in [-0.39, 0.29) is 22.8 Å². The smallest absolute Gasteiger partial charge is 0.374 e. The first kappa shape index (κ1) is 20.7. The number of carbonyl (C=O) groups is 2. The van der Waals surface area contributed by atoms with E-state index in [9.17, 15) is 18.0 Å². The highest BCUT2D eigenvalue weighted by molar-refractivity contribution is 7.89. The first-order chi connectivity index (χ1) is 12.8. The lowest BCUT2D eigenvalue weighted by atomic mass is 10.2. The zero-order valence-electron chi connectivity index (χ0n) is 15.3. The lowest BCUT2D eigenvalue weighted by molar-refractivity contribution is 0.0453. The van der Waals surface area contributed by atoms with Gasteiger partial charge in [0, 0.05) is 18.7 Å². The summed E-state index contributed by atoms with van der Waals surface area (Å²) in [5.74, 6) is -1.36. The lowest BCUT2D eigenvalue weighted by Crippen LogP contribution is -2.30. The molecule has 1 aromatic carbocycles. The van der Waals surface area contributed by atoms with Crippen molar-refractivity contribution in [3.8, 4) is 0 Å². The predicted octanol–water partition coefficient (Wildman–Crippen LogP) is 2.45. The van der Waals surface area contributed by atoms with Gasteiger partial charge in [0.2, 0.25) is 15.8 Å². The fraction of sp³-hybridized carbons (Fsp3) is 0.333. The number of carbonyl (C=O) groups excluding carboxylic acids is 2. The lowest BCUT2D eigenvalue weighted by Gasteiger charge is -2.18. The molecule has 0 saturated heterocycles. The summed E-state index contributed by atoms with van der Waals surface area (Å²) in [4.78, 5) is 23.8. The maximum atomic E-state index is 12.4. The molecule has 0 spiro atoms. The molecule has 0 radical (unpaired) electrons. The minimum absolute atomic E-state index is 0.0361. The maximum Gasteiger partial charge on any atom is 0.374 e. The van der Waals surface area contributed by atoms with Crippen LogP contribution in [0.1, 0.15) is 40.3 Å². The number of hydrogen-bond acceptors (Lipinski definition) is 7. The Morgan fingerprint density at radius 2 is 1.67 bits per heavy atom. The molecule has 0 N–H and O–H groups in total. The highest BCUT2D eigenvalue weighted by atomic mass is 32.2. The second kappa shape index (κ2) is 8.83. The van der Waals surface area contributed by atoms with Gasteiger partial charge in [-0.3, -0.25) is 0 Å².